The highest BCUT2D eigenvalue weighted by molar-refractivity contribution is 5.88. The number of carbonyl (C=O) groups excluding carboxylic acids is 1. The average molecular weight is 422 g/mol. The molecule has 1 amide bonds. The van der Waals surface area contributed by atoms with Crippen molar-refractivity contribution in [2.45, 2.75) is 37.5 Å². The van der Waals surface area contributed by atoms with Crippen LogP contribution in [0.15, 0.2) is 36.8 Å². The van der Waals surface area contributed by atoms with Crippen molar-refractivity contribution < 1.29 is 13.9 Å². The Morgan fingerprint density at radius 3 is 2.61 bits per heavy atom. The van der Waals surface area contributed by atoms with Gasteiger partial charge in [-0.15, -0.1) is 0 Å². The van der Waals surface area contributed by atoms with E-state index in [0.29, 0.717) is 12.3 Å². The second-order valence-corrected chi connectivity index (χ2v) is 8.59. The molecule has 160 valence electrons. The van der Waals surface area contributed by atoms with Crippen LogP contribution in [0.2, 0.25) is 0 Å². The zero-order valence-electron chi connectivity index (χ0n) is 17.2. The predicted molar refractivity (Wildman–Crippen MR) is 112 cm³/mol. The molecule has 0 N–H and O–H groups in total. The first-order chi connectivity index (χ1) is 15.1. The Morgan fingerprint density at radius 1 is 1.16 bits per heavy atom. The number of hydrogen-bond acceptors (Lipinski definition) is 6. The van der Waals surface area contributed by atoms with Crippen LogP contribution in [-0.2, 0) is 4.79 Å². The smallest absolute Gasteiger partial charge is 0.229 e. The number of hydrogen-bond donors (Lipinski definition) is 0. The van der Waals surface area contributed by atoms with Crippen molar-refractivity contribution >= 4 is 22.6 Å². The van der Waals surface area contributed by atoms with Crippen molar-refractivity contribution in [1.29, 1.82) is 0 Å². The monoisotopic (exact) mass is 422 g/mol. The summed E-state index contributed by atoms with van der Waals surface area (Å²) in [7, 11) is 1.58. The van der Waals surface area contributed by atoms with E-state index in [2.05, 4.69) is 14.9 Å². The van der Waals surface area contributed by atoms with Gasteiger partial charge in [0.05, 0.1) is 30.6 Å². The van der Waals surface area contributed by atoms with E-state index in [9.17, 15) is 9.18 Å². The highest BCUT2D eigenvalue weighted by Crippen LogP contribution is 2.41. The van der Waals surface area contributed by atoms with Crippen molar-refractivity contribution in [3.63, 3.8) is 0 Å². The van der Waals surface area contributed by atoms with Crippen LogP contribution in [0.5, 0.6) is 5.88 Å². The average Bonchev–Trinajstić information content (AvgIpc) is 3.25. The van der Waals surface area contributed by atoms with Gasteiger partial charge in [0.15, 0.2) is 0 Å². The molecule has 3 aromatic rings. The molecule has 2 bridgehead atoms. The maximum atomic E-state index is 13.5. The highest BCUT2D eigenvalue weighted by atomic mass is 19.1. The van der Waals surface area contributed by atoms with E-state index in [1.165, 1.54) is 0 Å². The van der Waals surface area contributed by atoms with Crippen molar-refractivity contribution in [3.8, 4) is 11.6 Å². The maximum absolute atomic E-state index is 13.5. The van der Waals surface area contributed by atoms with Crippen molar-refractivity contribution in [3.05, 3.63) is 36.8 Å². The van der Waals surface area contributed by atoms with E-state index in [1.54, 1.807) is 24.2 Å². The zero-order chi connectivity index (χ0) is 21.1. The summed E-state index contributed by atoms with van der Waals surface area (Å²) in [5, 5.41) is 4.81. The van der Waals surface area contributed by atoms with Crippen LogP contribution >= 0.6 is 0 Å². The molecular weight excluding hydrogens is 399 g/mol. The largest absolute Gasteiger partial charge is 0.481 e. The first kappa shape index (κ1) is 18.5. The Morgan fingerprint density at radius 2 is 1.90 bits per heavy atom. The van der Waals surface area contributed by atoms with E-state index in [4.69, 9.17) is 9.84 Å². The third-order valence-corrected chi connectivity index (χ3v) is 6.68. The normalized spacial score (nSPS) is 27.0. The molecule has 1 saturated carbocycles. The lowest BCUT2D eigenvalue weighted by atomic mass is 10.1. The number of anilines is 1. The third-order valence-electron chi connectivity index (χ3n) is 6.68. The van der Waals surface area contributed by atoms with Gasteiger partial charge in [-0.25, -0.2) is 14.1 Å². The molecule has 3 fully saturated rings. The molecule has 5 heterocycles. The van der Waals surface area contributed by atoms with E-state index in [0.717, 1.165) is 48.3 Å². The van der Waals surface area contributed by atoms with Crippen LogP contribution in [0.4, 0.5) is 10.1 Å². The Kier molecular flexibility index (Phi) is 4.12. The molecule has 6 rings (SSSR count). The van der Waals surface area contributed by atoms with Gasteiger partial charge in [-0.3, -0.25) is 9.78 Å². The third kappa shape index (κ3) is 3.02. The Labute approximate surface area is 178 Å². The number of nitrogens with zero attached hydrogens (tertiary/aromatic N) is 6. The number of methoxy groups -OCH3 is 1. The molecule has 8 nitrogen and oxygen atoms in total. The van der Waals surface area contributed by atoms with Gasteiger partial charge in [-0.2, -0.15) is 5.10 Å². The molecule has 3 aromatic heterocycles. The van der Waals surface area contributed by atoms with Crippen molar-refractivity contribution in [2.24, 2.45) is 5.92 Å². The molecule has 2 saturated heterocycles. The number of halogens is 1. The molecule has 31 heavy (non-hydrogen) atoms. The number of ether oxygens (including phenoxy) is 1. The molecule has 3 aliphatic rings. The molecule has 1 aliphatic carbocycles. The molecule has 2 aliphatic heterocycles. The van der Waals surface area contributed by atoms with E-state index >= 15 is 0 Å². The lowest BCUT2D eigenvalue weighted by Gasteiger charge is -2.42. The Bertz CT molecular complexity index is 1150. The van der Waals surface area contributed by atoms with Gasteiger partial charge in [-0.05, 0) is 31.4 Å². The molecule has 0 radical (unpaired) electrons. The predicted octanol–water partition coefficient (Wildman–Crippen LogP) is 2.36. The topological polar surface area (TPSA) is 76.4 Å². The first-order valence-corrected chi connectivity index (χ1v) is 10.7. The summed E-state index contributed by atoms with van der Waals surface area (Å²) in [6, 6.07) is 5.95. The fraction of sp³-hybridized carbons (Fsp3) is 0.455. The summed E-state index contributed by atoms with van der Waals surface area (Å²) in [5.41, 5.74) is 3.49. The number of aromatic nitrogens is 4. The van der Waals surface area contributed by atoms with Gasteiger partial charge in [0.1, 0.15) is 17.2 Å². The van der Waals surface area contributed by atoms with E-state index in [-0.39, 0.29) is 18.0 Å². The second-order valence-electron chi connectivity index (χ2n) is 8.59. The van der Waals surface area contributed by atoms with Gasteiger partial charge in [0.25, 0.3) is 0 Å². The number of piperazine rings is 1. The van der Waals surface area contributed by atoms with Crippen LogP contribution < -0.4 is 9.64 Å². The highest BCUT2D eigenvalue weighted by Gasteiger charge is 2.51. The molecule has 0 aromatic carbocycles. The van der Waals surface area contributed by atoms with Gasteiger partial charge in [0.2, 0.25) is 11.8 Å². The summed E-state index contributed by atoms with van der Waals surface area (Å²) in [5.74, 6) is 0.125. The summed E-state index contributed by atoms with van der Waals surface area (Å²) in [4.78, 5) is 25.7. The summed E-state index contributed by atoms with van der Waals surface area (Å²) in [6.45, 7) is 1.47. The van der Waals surface area contributed by atoms with Crippen LogP contribution in [-0.4, -0.2) is 69.0 Å². The van der Waals surface area contributed by atoms with Crippen LogP contribution in [0.3, 0.4) is 0 Å². The lowest BCUT2D eigenvalue weighted by molar-refractivity contribution is -0.136. The van der Waals surface area contributed by atoms with E-state index in [1.807, 2.05) is 29.3 Å². The minimum Gasteiger partial charge on any atom is -0.481 e. The number of alkyl halides is 1. The Hall–Kier alpha value is -3.23. The Balaban J connectivity index is 1.30. The van der Waals surface area contributed by atoms with Gasteiger partial charge < -0.3 is 14.5 Å². The number of carbonyl (C=O) groups is 1. The SMILES string of the molecule is COc1cc(-n2cc3nccc(N4CC5CCC(C4)N5C(=O)[C@@H]4C[C@H]4F)c3n2)ccn1. The summed E-state index contributed by atoms with van der Waals surface area (Å²) < 4.78 is 20.5. The second kappa shape index (κ2) is 6.90. The molecule has 2 unspecified atom stereocenters. The van der Waals surface area contributed by atoms with Crippen molar-refractivity contribution in [2.75, 3.05) is 25.1 Å². The lowest BCUT2D eigenvalue weighted by Crippen LogP contribution is -2.56. The number of rotatable bonds is 4. The van der Waals surface area contributed by atoms with Crippen LogP contribution in [0, 0.1) is 5.92 Å². The van der Waals surface area contributed by atoms with Gasteiger partial charge in [0, 0.05) is 43.6 Å². The zero-order valence-corrected chi connectivity index (χ0v) is 17.2. The summed E-state index contributed by atoms with van der Waals surface area (Å²) in [6.07, 6.45) is 6.77. The molecular formula is C22H23FN6O2. The molecule has 0 spiro atoms. The van der Waals surface area contributed by atoms with Crippen molar-refractivity contribution in [1.82, 2.24) is 24.6 Å². The standard InChI is InChI=1S/C22H23FN6O2/c1-31-20-8-13(4-6-25-20)28-12-18-21(26-28)19(5-7-24-18)27-10-14-2-3-15(11-27)29(14)22(30)16-9-17(16)23/h4-8,12,14-17H,2-3,9-11H2,1H3/t14?,15?,16-,17-/m1/s1. The minimum atomic E-state index is -0.944. The first-order valence-electron chi connectivity index (χ1n) is 10.7. The molecule has 4 atom stereocenters. The number of pyridine rings is 2. The minimum absolute atomic E-state index is 0.00966. The van der Waals surface area contributed by atoms with Crippen LogP contribution in [0.25, 0.3) is 16.7 Å². The number of fused-ring (bicyclic) bond motifs is 3. The fourth-order valence-corrected chi connectivity index (χ4v) is 5.02. The quantitative estimate of drug-likeness (QED) is 0.643. The molecule has 9 heteroatoms. The fourth-order valence-electron chi connectivity index (χ4n) is 5.02. The van der Waals surface area contributed by atoms with E-state index < -0.39 is 12.1 Å². The van der Waals surface area contributed by atoms with Gasteiger partial charge in [-0.1, -0.05) is 0 Å². The van der Waals surface area contributed by atoms with Crippen LogP contribution in [0.1, 0.15) is 19.3 Å². The van der Waals surface area contributed by atoms with Gasteiger partial charge >= 0.3 is 0 Å². The number of amides is 1. The maximum Gasteiger partial charge on any atom is 0.229 e. The summed E-state index contributed by atoms with van der Waals surface area (Å²) >= 11 is 0.